The Kier molecular flexibility index (Phi) is 16.6. The summed E-state index contributed by atoms with van der Waals surface area (Å²) in [4.78, 5) is 18.0. The van der Waals surface area contributed by atoms with Gasteiger partial charge in [0.25, 0.3) is 0 Å². The lowest BCUT2D eigenvalue weighted by Crippen LogP contribution is -1.98. The highest BCUT2D eigenvalue weighted by atomic mass is 31.2. The minimum atomic E-state index is -2.43. The molecule has 140 valence electrons. The van der Waals surface area contributed by atoms with Gasteiger partial charge in [-0.1, -0.05) is 66.2 Å². The molecule has 0 fully saturated rings. The molecule has 0 spiro atoms. The Labute approximate surface area is 145 Å². The fourth-order valence-electron chi connectivity index (χ4n) is 2.09. The quantitative estimate of drug-likeness (QED) is 0.261. The van der Waals surface area contributed by atoms with E-state index in [1.165, 1.54) is 25.7 Å². The van der Waals surface area contributed by atoms with Crippen molar-refractivity contribution in [2.75, 3.05) is 13.2 Å². The SMILES string of the molecule is CC(C)CCCCCOP(OCCCCCC(C)C)OP(O)O. The van der Waals surface area contributed by atoms with Crippen LogP contribution in [0.5, 0.6) is 0 Å². The van der Waals surface area contributed by atoms with Gasteiger partial charge in [0.2, 0.25) is 0 Å². The average Bonchev–Trinajstić information content (AvgIpc) is 2.44. The van der Waals surface area contributed by atoms with E-state index < -0.39 is 17.2 Å². The van der Waals surface area contributed by atoms with Crippen LogP contribution in [0.2, 0.25) is 0 Å². The van der Waals surface area contributed by atoms with Crippen LogP contribution in [0.4, 0.5) is 0 Å². The van der Waals surface area contributed by atoms with Gasteiger partial charge in [0.15, 0.2) is 0 Å². The van der Waals surface area contributed by atoms with E-state index in [0.717, 1.165) is 37.5 Å². The Bertz CT molecular complexity index is 233. The first-order valence-electron chi connectivity index (χ1n) is 8.83. The maximum atomic E-state index is 8.98. The van der Waals surface area contributed by atoms with E-state index in [-0.39, 0.29) is 0 Å². The van der Waals surface area contributed by atoms with Gasteiger partial charge in [-0.15, -0.1) is 0 Å². The molecule has 0 aromatic heterocycles. The zero-order valence-corrected chi connectivity index (χ0v) is 17.0. The average molecular weight is 370 g/mol. The number of rotatable bonds is 16. The fourth-order valence-corrected chi connectivity index (χ4v) is 3.57. The molecule has 0 atom stereocenters. The highest BCUT2D eigenvalue weighted by Crippen LogP contribution is 2.50. The topological polar surface area (TPSA) is 68.2 Å². The molecule has 0 rings (SSSR count). The summed E-state index contributed by atoms with van der Waals surface area (Å²) in [5, 5.41) is 0. The van der Waals surface area contributed by atoms with Crippen LogP contribution in [0.25, 0.3) is 0 Å². The molecular weight excluding hydrogens is 334 g/mol. The summed E-state index contributed by atoms with van der Waals surface area (Å²) in [7, 11) is -4.07. The van der Waals surface area contributed by atoms with Crippen molar-refractivity contribution >= 4 is 17.2 Å². The lowest BCUT2D eigenvalue weighted by molar-refractivity contribution is 0.191. The lowest BCUT2D eigenvalue weighted by Gasteiger charge is -2.16. The summed E-state index contributed by atoms with van der Waals surface area (Å²) in [6.07, 6.45) is 8.98. The largest absolute Gasteiger partial charge is 0.339 e. The summed E-state index contributed by atoms with van der Waals surface area (Å²) >= 11 is 0. The third kappa shape index (κ3) is 18.8. The van der Waals surface area contributed by atoms with Gasteiger partial charge in [0.1, 0.15) is 0 Å². The van der Waals surface area contributed by atoms with Crippen LogP contribution < -0.4 is 0 Å². The summed E-state index contributed by atoms with van der Waals surface area (Å²) in [5.41, 5.74) is 0. The molecule has 0 heterocycles. The van der Waals surface area contributed by atoms with Gasteiger partial charge < -0.3 is 18.8 Å². The highest BCUT2D eigenvalue weighted by Gasteiger charge is 2.17. The molecule has 5 nitrogen and oxygen atoms in total. The van der Waals surface area contributed by atoms with E-state index >= 15 is 0 Å². The van der Waals surface area contributed by atoms with Crippen LogP contribution >= 0.6 is 17.2 Å². The Morgan fingerprint density at radius 3 is 1.48 bits per heavy atom. The molecule has 0 aromatic rings. The van der Waals surface area contributed by atoms with E-state index in [2.05, 4.69) is 27.7 Å². The molecule has 0 saturated heterocycles. The molecule has 0 aliphatic rings. The first-order chi connectivity index (χ1) is 10.9. The van der Waals surface area contributed by atoms with E-state index in [9.17, 15) is 0 Å². The van der Waals surface area contributed by atoms with Crippen molar-refractivity contribution in [2.24, 2.45) is 11.8 Å². The van der Waals surface area contributed by atoms with Crippen LogP contribution in [0.1, 0.15) is 79.1 Å². The molecule has 0 aliphatic heterocycles. The molecule has 0 amide bonds. The molecule has 0 saturated carbocycles. The Hall–Kier alpha value is 0.660. The van der Waals surface area contributed by atoms with Gasteiger partial charge in [-0.2, -0.15) is 0 Å². The van der Waals surface area contributed by atoms with Crippen LogP contribution in [0.15, 0.2) is 0 Å². The first kappa shape index (κ1) is 23.7. The molecule has 0 aliphatic carbocycles. The van der Waals surface area contributed by atoms with E-state index in [1.54, 1.807) is 0 Å². The van der Waals surface area contributed by atoms with Crippen LogP contribution in [0.3, 0.4) is 0 Å². The summed E-state index contributed by atoms with van der Waals surface area (Å²) in [6, 6.07) is 0. The summed E-state index contributed by atoms with van der Waals surface area (Å²) < 4.78 is 16.0. The Morgan fingerprint density at radius 1 is 0.696 bits per heavy atom. The van der Waals surface area contributed by atoms with Crippen molar-refractivity contribution < 1.29 is 23.1 Å². The standard InChI is InChI=1S/C16H36O5P2/c1-15(2)11-7-5-9-13-19-23(21-22(17)18)20-14-10-6-8-12-16(3)4/h15-18H,5-14H2,1-4H3. The predicted molar refractivity (Wildman–Crippen MR) is 97.9 cm³/mol. The number of hydrogen-bond donors (Lipinski definition) is 2. The molecule has 2 N–H and O–H groups in total. The van der Waals surface area contributed by atoms with Crippen molar-refractivity contribution in [2.45, 2.75) is 79.1 Å². The Morgan fingerprint density at radius 2 is 1.13 bits per heavy atom. The molecule has 7 heteroatoms. The van der Waals surface area contributed by atoms with E-state index in [4.69, 9.17) is 23.1 Å². The van der Waals surface area contributed by atoms with Crippen LogP contribution in [0, 0.1) is 11.8 Å². The van der Waals surface area contributed by atoms with Gasteiger partial charge >= 0.3 is 17.2 Å². The molecular formula is C16H36O5P2. The van der Waals surface area contributed by atoms with Crippen molar-refractivity contribution in [1.29, 1.82) is 0 Å². The molecule has 0 unspecified atom stereocenters. The predicted octanol–water partition coefficient (Wildman–Crippen LogP) is 5.91. The van der Waals surface area contributed by atoms with Gasteiger partial charge in [0.05, 0.1) is 13.2 Å². The summed E-state index contributed by atoms with van der Waals surface area (Å²) in [5.74, 6) is 1.48. The fraction of sp³-hybridized carbons (Fsp3) is 1.00. The molecule has 0 aromatic carbocycles. The maximum Gasteiger partial charge on any atom is 0.339 e. The molecule has 0 radical (unpaired) electrons. The van der Waals surface area contributed by atoms with E-state index in [1.807, 2.05) is 0 Å². The smallest absolute Gasteiger partial charge is 0.328 e. The Balaban J connectivity index is 3.68. The monoisotopic (exact) mass is 370 g/mol. The zero-order chi connectivity index (χ0) is 17.5. The number of unbranched alkanes of at least 4 members (excludes halogenated alkanes) is 4. The van der Waals surface area contributed by atoms with Gasteiger partial charge in [-0.25, -0.2) is 4.31 Å². The molecule has 23 heavy (non-hydrogen) atoms. The minimum Gasteiger partial charge on any atom is -0.328 e. The minimum absolute atomic E-state index is 0.542. The lowest BCUT2D eigenvalue weighted by atomic mass is 10.1. The van der Waals surface area contributed by atoms with Gasteiger partial charge in [-0.3, -0.25) is 0 Å². The van der Waals surface area contributed by atoms with Crippen molar-refractivity contribution in [1.82, 2.24) is 0 Å². The number of hydrogen-bond acceptors (Lipinski definition) is 5. The second kappa shape index (κ2) is 16.1. The third-order valence-electron chi connectivity index (χ3n) is 3.38. The molecule has 0 bridgehead atoms. The first-order valence-corrected chi connectivity index (χ1v) is 11.1. The normalized spacial score (nSPS) is 12.3. The second-order valence-corrected chi connectivity index (χ2v) is 8.83. The summed E-state index contributed by atoms with van der Waals surface area (Å²) in [6.45, 7) is 9.99. The van der Waals surface area contributed by atoms with Crippen LogP contribution in [-0.2, 0) is 13.4 Å². The van der Waals surface area contributed by atoms with Gasteiger partial charge in [0, 0.05) is 0 Å². The van der Waals surface area contributed by atoms with Gasteiger partial charge in [-0.05, 0) is 24.7 Å². The second-order valence-electron chi connectivity index (χ2n) is 6.71. The highest BCUT2D eigenvalue weighted by molar-refractivity contribution is 7.54. The maximum absolute atomic E-state index is 8.98. The third-order valence-corrected chi connectivity index (χ3v) is 5.29. The van der Waals surface area contributed by atoms with Crippen molar-refractivity contribution in [3.8, 4) is 0 Å². The van der Waals surface area contributed by atoms with Crippen molar-refractivity contribution in [3.63, 3.8) is 0 Å². The van der Waals surface area contributed by atoms with Crippen LogP contribution in [-0.4, -0.2) is 23.0 Å². The van der Waals surface area contributed by atoms with Crippen molar-refractivity contribution in [3.05, 3.63) is 0 Å². The zero-order valence-electron chi connectivity index (χ0n) is 15.2. The van der Waals surface area contributed by atoms with E-state index in [0.29, 0.717) is 13.2 Å².